The minimum Gasteiger partial charge on any atom is -0.346 e. The van der Waals surface area contributed by atoms with Crippen LogP contribution in [-0.4, -0.2) is 15.9 Å². The van der Waals surface area contributed by atoms with Gasteiger partial charge in [0.15, 0.2) is 0 Å². The van der Waals surface area contributed by atoms with Crippen LogP contribution >= 0.6 is 34.5 Å². The Morgan fingerprint density at radius 2 is 2.00 bits per heavy atom. The van der Waals surface area contributed by atoms with E-state index in [2.05, 4.69) is 15.3 Å². The van der Waals surface area contributed by atoms with Gasteiger partial charge in [-0.1, -0.05) is 23.2 Å². The van der Waals surface area contributed by atoms with Crippen LogP contribution < -0.4 is 5.32 Å². The first-order chi connectivity index (χ1) is 8.54. The SMILES string of the molecule is Cc1csc(CNC(=O)c2cc(Cl)nc(Cl)c2)n1. The summed E-state index contributed by atoms with van der Waals surface area (Å²) in [6, 6.07) is 2.94. The summed E-state index contributed by atoms with van der Waals surface area (Å²) >= 11 is 13.0. The van der Waals surface area contributed by atoms with Gasteiger partial charge in [0.1, 0.15) is 15.3 Å². The first kappa shape index (κ1) is 13.3. The van der Waals surface area contributed by atoms with Crippen LogP contribution in [0.25, 0.3) is 0 Å². The molecule has 0 spiro atoms. The largest absolute Gasteiger partial charge is 0.346 e. The summed E-state index contributed by atoms with van der Waals surface area (Å²) in [5, 5.41) is 5.92. The third-order valence-electron chi connectivity index (χ3n) is 2.09. The number of halogens is 2. The molecule has 0 unspecified atom stereocenters. The highest BCUT2D eigenvalue weighted by molar-refractivity contribution is 7.09. The quantitative estimate of drug-likeness (QED) is 0.886. The van der Waals surface area contributed by atoms with Crippen molar-refractivity contribution in [2.75, 3.05) is 0 Å². The van der Waals surface area contributed by atoms with E-state index >= 15 is 0 Å². The molecule has 1 N–H and O–H groups in total. The minimum absolute atomic E-state index is 0.192. The van der Waals surface area contributed by atoms with Gasteiger partial charge in [0.25, 0.3) is 5.91 Å². The van der Waals surface area contributed by atoms with Crippen molar-refractivity contribution >= 4 is 40.4 Å². The molecule has 0 aliphatic heterocycles. The molecule has 0 atom stereocenters. The van der Waals surface area contributed by atoms with Crippen LogP contribution in [0.1, 0.15) is 21.1 Å². The van der Waals surface area contributed by atoms with E-state index in [0.717, 1.165) is 10.7 Å². The number of carbonyl (C=O) groups is 1. The fraction of sp³-hybridized carbons (Fsp3) is 0.182. The second-order valence-corrected chi connectivity index (χ2v) is 5.28. The number of nitrogens with zero attached hydrogens (tertiary/aromatic N) is 2. The molecule has 2 aromatic heterocycles. The zero-order chi connectivity index (χ0) is 13.1. The first-order valence-corrected chi connectivity index (χ1v) is 6.70. The number of rotatable bonds is 3. The number of aromatic nitrogens is 2. The van der Waals surface area contributed by atoms with Crippen LogP contribution in [0.3, 0.4) is 0 Å². The van der Waals surface area contributed by atoms with Crippen molar-refractivity contribution in [1.29, 1.82) is 0 Å². The third kappa shape index (κ3) is 3.41. The van der Waals surface area contributed by atoms with Crippen LogP contribution in [0.15, 0.2) is 17.5 Å². The van der Waals surface area contributed by atoms with E-state index in [1.165, 1.54) is 23.5 Å². The molecule has 2 heterocycles. The zero-order valence-corrected chi connectivity index (χ0v) is 11.7. The molecule has 2 rings (SSSR count). The van der Waals surface area contributed by atoms with Crippen molar-refractivity contribution in [3.05, 3.63) is 44.1 Å². The Labute approximate surface area is 118 Å². The van der Waals surface area contributed by atoms with E-state index in [4.69, 9.17) is 23.2 Å². The Hall–Kier alpha value is -1.17. The van der Waals surface area contributed by atoms with Crippen molar-refractivity contribution in [2.24, 2.45) is 0 Å². The molecule has 2 aromatic rings. The van der Waals surface area contributed by atoms with Crippen LogP contribution in [0.4, 0.5) is 0 Å². The number of hydrogen-bond donors (Lipinski definition) is 1. The average Bonchev–Trinajstić information content (AvgIpc) is 2.70. The topological polar surface area (TPSA) is 54.9 Å². The van der Waals surface area contributed by atoms with Gasteiger partial charge in [-0.2, -0.15) is 0 Å². The molecule has 0 aliphatic rings. The molecule has 1 amide bonds. The molecule has 0 bridgehead atoms. The third-order valence-corrected chi connectivity index (χ3v) is 3.45. The number of hydrogen-bond acceptors (Lipinski definition) is 4. The van der Waals surface area contributed by atoms with Gasteiger partial charge >= 0.3 is 0 Å². The zero-order valence-electron chi connectivity index (χ0n) is 9.41. The molecule has 94 valence electrons. The molecule has 0 fully saturated rings. The summed E-state index contributed by atoms with van der Waals surface area (Å²) in [7, 11) is 0. The fourth-order valence-corrected chi connectivity index (χ4v) is 2.51. The lowest BCUT2D eigenvalue weighted by atomic mass is 10.2. The number of nitrogens with one attached hydrogen (secondary N) is 1. The monoisotopic (exact) mass is 301 g/mol. The van der Waals surface area contributed by atoms with Gasteiger partial charge < -0.3 is 5.32 Å². The maximum absolute atomic E-state index is 11.8. The Kier molecular flexibility index (Phi) is 4.16. The lowest BCUT2D eigenvalue weighted by molar-refractivity contribution is 0.0950. The van der Waals surface area contributed by atoms with E-state index in [1.807, 2.05) is 12.3 Å². The number of carbonyl (C=O) groups excluding carboxylic acids is 1. The Bertz CT molecular complexity index is 565. The maximum atomic E-state index is 11.8. The molecular formula is C11H9Cl2N3OS. The minimum atomic E-state index is -0.256. The number of aryl methyl sites for hydroxylation is 1. The number of thiazole rings is 1. The van der Waals surface area contributed by atoms with Gasteiger partial charge in [-0.3, -0.25) is 4.79 Å². The molecular weight excluding hydrogens is 293 g/mol. The van der Waals surface area contributed by atoms with Crippen LogP contribution in [0.5, 0.6) is 0 Å². The first-order valence-electron chi connectivity index (χ1n) is 5.07. The molecule has 0 saturated heterocycles. The second kappa shape index (κ2) is 5.65. The van der Waals surface area contributed by atoms with E-state index < -0.39 is 0 Å². The van der Waals surface area contributed by atoms with Gasteiger partial charge in [0, 0.05) is 16.6 Å². The van der Waals surface area contributed by atoms with Gasteiger partial charge in [0.05, 0.1) is 6.54 Å². The van der Waals surface area contributed by atoms with Gasteiger partial charge in [-0.15, -0.1) is 11.3 Å². The summed E-state index contributed by atoms with van der Waals surface area (Å²) < 4.78 is 0. The summed E-state index contributed by atoms with van der Waals surface area (Å²) in [4.78, 5) is 19.9. The molecule has 4 nitrogen and oxygen atoms in total. The smallest absolute Gasteiger partial charge is 0.251 e. The van der Waals surface area contributed by atoms with Crippen molar-refractivity contribution in [3.63, 3.8) is 0 Å². The maximum Gasteiger partial charge on any atom is 0.251 e. The van der Waals surface area contributed by atoms with Crippen LogP contribution in [0, 0.1) is 6.92 Å². The molecule has 0 saturated carbocycles. The van der Waals surface area contributed by atoms with Gasteiger partial charge in [-0.25, -0.2) is 9.97 Å². The van der Waals surface area contributed by atoms with E-state index in [1.54, 1.807) is 0 Å². The van der Waals surface area contributed by atoms with Crippen molar-refractivity contribution in [2.45, 2.75) is 13.5 Å². The Morgan fingerprint density at radius 3 is 2.56 bits per heavy atom. The van der Waals surface area contributed by atoms with E-state index in [9.17, 15) is 4.79 Å². The standard InChI is InChI=1S/C11H9Cl2N3OS/c1-6-5-18-10(15-6)4-14-11(17)7-2-8(12)16-9(13)3-7/h2-3,5H,4H2,1H3,(H,14,17). The van der Waals surface area contributed by atoms with E-state index in [-0.39, 0.29) is 16.2 Å². The normalized spacial score (nSPS) is 10.4. The number of amides is 1. The predicted molar refractivity (Wildman–Crippen MR) is 72.3 cm³/mol. The van der Waals surface area contributed by atoms with Crippen molar-refractivity contribution in [3.8, 4) is 0 Å². The van der Waals surface area contributed by atoms with Crippen molar-refractivity contribution < 1.29 is 4.79 Å². The van der Waals surface area contributed by atoms with Gasteiger partial charge in [-0.05, 0) is 19.1 Å². The molecule has 18 heavy (non-hydrogen) atoms. The Morgan fingerprint density at radius 1 is 1.33 bits per heavy atom. The lowest BCUT2D eigenvalue weighted by Gasteiger charge is -2.03. The molecule has 0 radical (unpaired) electrons. The predicted octanol–water partition coefficient (Wildman–Crippen LogP) is 3.08. The van der Waals surface area contributed by atoms with Crippen LogP contribution in [-0.2, 0) is 6.54 Å². The lowest BCUT2D eigenvalue weighted by Crippen LogP contribution is -2.22. The fourth-order valence-electron chi connectivity index (χ4n) is 1.34. The highest BCUT2D eigenvalue weighted by Crippen LogP contribution is 2.15. The summed E-state index contributed by atoms with van der Waals surface area (Å²) in [5.74, 6) is -0.256. The van der Waals surface area contributed by atoms with Gasteiger partial charge in [0.2, 0.25) is 0 Å². The number of pyridine rings is 1. The molecule has 7 heteroatoms. The van der Waals surface area contributed by atoms with E-state index in [0.29, 0.717) is 12.1 Å². The Balaban J connectivity index is 2.03. The second-order valence-electron chi connectivity index (χ2n) is 3.57. The summed E-state index contributed by atoms with van der Waals surface area (Å²) in [6.45, 7) is 2.29. The van der Waals surface area contributed by atoms with Crippen LogP contribution in [0.2, 0.25) is 10.3 Å². The average molecular weight is 302 g/mol. The molecule has 0 aromatic carbocycles. The molecule has 0 aliphatic carbocycles. The summed E-state index contributed by atoms with van der Waals surface area (Å²) in [6.07, 6.45) is 0. The summed E-state index contributed by atoms with van der Waals surface area (Å²) in [5.41, 5.74) is 1.33. The van der Waals surface area contributed by atoms with Crippen molar-refractivity contribution in [1.82, 2.24) is 15.3 Å². The highest BCUT2D eigenvalue weighted by Gasteiger charge is 2.09. The highest BCUT2D eigenvalue weighted by atomic mass is 35.5.